The molecule has 17 heavy (non-hydrogen) atoms. The molecule has 4 heteroatoms. The van der Waals surface area contributed by atoms with Crippen LogP contribution in [0, 0.1) is 11.8 Å². The number of hydrogen-bond donors (Lipinski definition) is 3. The molecule has 3 atom stereocenters. The maximum absolute atomic E-state index is 11.9. The van der Waals surface area contributed by atoms with Crippen molar-refractivity contribution in [3.8, 4) is 0 Å². The number of carbonyl (C=O) groups excluding carboxylic acids is 1. The number of hydrogen-bond acceptors (Lipinski definition) is 3. The van der Waals surface area contributed by atoms with Gasteiger partial charge in [0.05, 0.1) is 5.54 Å². The first-order valence-electron chi connectivity index (χ1n) is 6.69. The Morgan fingerprint density at radius 3 is 2.71 bits per heavy atom. The molecule has 0 aromatic heterocycles. The topological polar surface area (TPSA) is 75.4 Å². The van der Waals surface area contributed by atoms with Crippen LogP contribution in [0.25, 0.3) is 0 Å². The number of aliphatic hydroxyl groups is 1. The van der Waals surface area contributed by atoms with Gasteiger partial charge in [-0.15, -0.1) is 0 Å². The summed E-state index contributed by atoms with van der Waals surface area (Å²) in [5.74, 6) is 0.704. The zero-order valence-corrected chi connectivity index (χ0v) is 11.0. The molecule has 0 aliphatic heterocycles. The molecule has 1 aliphatic carbocycles. The van der Waals surface area contributed by atoms with E-state index in [1.165, 1.54) is 0 Å². The van der Waals surface area contributed by atoms with Crippen LogP contribution < -0.4 is 11.1 Å². The zero-order valence-electron chi connectivity index (χ0n) is 11.0. The molecule has 1 fully saturated rings. The maximum Gasteiger partial charge on any atom is 0.239 e. The van der Waals surface area contributed by atoms with E-state index in [-0.39, 0.29) is 12.5 Å². The van der Waals surface area contributed by atoms with E-state index in [9.17, 15) is 9.90 Å². The highest BCUT2D eigenvalue weighted by Gasteiger charge is 2.30. The molecule has 0 saturated heterocycles. The first kappa shape index (κ1) is 14.5. The fourth-order valence-electron chi connectivity index (χ4n) is 2.68. The number of nitrogens with one attached hydrogen (secondary N) is 1. The lowest BCUT2D eigenvalue weighted by Crippen LogP contribution is -2.52. The highest BCUT2D eigenvalue weighted by molar-refractivity contribution is 5.85. The van der Waals surface area contributed by atoms with Crippen molar-refractivity contribution in [1.82, 2.24) is 5.32 Å². The summed E-state index contributed by atoms with van der Waals surface area (Å²) in [5.41, 5.74) is 5.20. The molecule has 1 saturated carbocycles. The third-order valence-electron chi connectivity index (χ3n) is 3.86. The summed E-state index contributed by atoms with van der Waals surface area (Å²) < 4.78 is 0. The zero-order chi connectivity index (χ0) is 12.9. The molecule has 100 valence electrons. The minimum Gasteiger partial charge on any atom is -0.396 e. The van der Waals surface area contributed by atoms with Crippen LogP contribution in [0.1, 0.15) is 46.0 Å². The summed E-state index contributed by atoms with van der Waals surface area (Å²) in [7, 11) is 0. The van der Waals surface area contributed by atoms with Crippen LogP contribution in [-0.2, 0) is 4.79 Å². The van der Waals surface area contributed by atoms with E-state index in [1.807, 2.05) is 6.92 Å². The summed E-state index contributed by atoms with van der Waals surface area (Å²) >= 11 is 0. The third-order valence-corrected chi connectivity index (χ3v) is 3.86. The van der Waals surface area contributed by atoms with Gasteiger partial charge in [0.1, 0.15) is 0 Å². The SMILES string of the molecule is CCCC(C)(N)C(=O)NCC1CCCC1CO. The predicted octanol–water partition coefficient (Wildman–Crippen LogP) is 1.03. The van der Waals surface area contributed by atoms with Crippen molar-refractivity contribution in [3.63, 3.8) is 0 Å². The molecule has 0 heterocycles. The van der Waals surface area contributed by atoms with Gasteiger partial charge in [0.15, 0.2) is 0 Å². The van der Waals surface area contributed by atoms with Gasteiger partial charge in [0.2, 0.25) is 5.91 Å². The maximum atomic E-state index is 11.9. The molecule has 4 N–H and O–H groups in total. The first-order chi connectivity index (χ1) is 8.01. The van der Waals surface area contributed by atoms with E-state index >= 15 is 0 Å². The Labute approximate surface area is 104 Å². The van der Waals surface area contributed by atoms with Gasteiger partial charge in [-0.1, -0.05) is 19.8 Å². The molecule has 1 rings (SSSR count). The fourth-order valence-corrected chi connectivity index (χ4v) is 2.68. The largest absolute Gasteiger partial charge is 0.396 e. The normalized spacial score (nSPS) is 27.8. The van der Waals surface area contributed by atoms with Crippen molar-refractivity contribution in [2.24, 2.45) is 17.6 Å². The van der Waals surface area contributed by atoms with Gasteiger partial charge in [0, 0.05) is 13.2 Å². The third kappa shape index (κ3) is 3.96. The second-order valence-corrected chi connectivity index (χ2v) is 5.51. The average molecular weight is 242 g/mol. The lowest BCUT2D eigenvalue weighted by atomic mass is 9.94. The Balaban J connectivity index is 2.37. The minimum atomic E-state index is -0.762. The molecule has 1 amide bonds. The smallest absolute Gasteiger partial charge is 0.239 e. The van der Waals surface area contributed by atoms with E-state index in [0.717, 1.165) is 25.7 Å². The predicted molar refractivity (Wildman–Crippen MR) is 68.4 cm³/mol. The van der Waals surface area contributed by atoms with Gasteiger partial charge in [-0.3, -0.25) is 4.79 Å². The number of amides is 1. The second kappa shape index (κ2) is 6.36. The van der Waals surface area contributed by atoms with E-state index in [2.05, 4.69) is 5.32 Å². The van der Waals surface area contributed by atoms with Gasteiger partial charge in [-0.2, -0.15) is 0 Å². The summed E-state index contributed by atoms with van der Waals surface area (Å²) in [6, 6.07) is 0. The molecule has 0 radical (unpaired) electrons. The highest BCUT2D eigenvalue weighted by Crippen LogP contribution is 2.30. The Hall–Kier alpha value is -0.610. The van der Waals surface area contributed by atoms with E-state index in [0.29, 0.717) is 24.8 Å². The van der Waals surface area contributed by atoms with Crippen LogP contribution >= 0.6 is 0 Å². The Morgan fingerprint density at radius 2 is 2.12 bits per heavy atom. The monoisotopic (exact) mass is 242 g/mol. The summed E-state index contributed by atoms with van der Waals surface area (Å²) in [4.78, 5) is 11.9. The molecule has 0 aromatic rings. The molecule has 0 spiro atoms. The molecule has 4 nitrogen and oxygen atoms in total. The van der Waals surface area contributed by atoms with Crippen LogP contribution in [0.2, 0.25) is 0 Å². The summed E-state index contributed by atoms with van der Waals surface area (Å²) in [6.07, 6.45) is 4.93. The number of nitrogens with two attached hydrogens (primary N) is 1. The van der Waals surface area contributed by atoms with Crippen molar-refractivity contribution in [2.45, 2.75) is 51.5 Å². The van der Waals surface area contributed by atoms with Crippen molar-refractivity contribution in [3.05, 3.63) is 0 Å². The van der Waals surface area contributed by atoms with Crippen LogP contribution in [0.4, 0.5) is 0 Å². The lowest BCUT2D eigenvalue weighted by Gasteiger charge is -2.25. The van der Waals surface area contributed by atoms with Crippen molar-refractivity contribution in [1.29, 1.82) is 0 Å². The molecule has 0 aromatic carbocycles. The number of rotatable bonds is 6. The van der Waals surface area contributed by atoms with Gasteiger partial charge < -0.3 is 16.2 Å². The van der Waals surface area contributed by atoms with Crippen LogP contribution in [0.15, 0.2) is 0 Å². The van der Waals surface area contributed by atoms with Crippen molar-refractivity contribution < 1.29 is 9.90 Å². The summed E-state index contributed by atoms with van der Waals surface area (Å²) in [5, 5.41) is 12.1. The van der Waals surface area contributed by atoms with E-state index in [4.69, 9.17) is 5.73 Å². The molecule has 1 aliphatic rings. The molecule has 3 unspecified atom stereocenters. The Bertz CT molecular complexity index is 254. The Morgan fingerprint density at radius 1 is 1.47 bits per heavy atom. The molecular formula is C13H26N2O2. The van der Waals surface area contributed by atoms with Gasteiger partial charge in [-0.25, -0.2) is 0 Å². The van der Waals surface area contributed by atoms with E-state index in [1.54, 1.807) is 6.92 Å². The number of carbonyl (C=O) groups is 1. The van der Waals surface area contributed by atoms with Crippen molar-refractivity contribution in [2.75, 3.05) is 13.2 Å². The standard InChI is InChI=1S/C13H26N2O2/c1-3-7-13(2,14)12(17)15-8-10-5-4-6-11(10)9-16/h10-11,16H,3-9,14H2,1-2H3,(H,15,17). The van der Waals surface area contributed by atoms with Crippen LogP contribution in [0.5, 0.6) is 0 Å². The van der Waals surface area contributed by atoms with E-state index < -0.39 is 5.54 Å². The highest BCUT2D eigenvalue weighted by atomic mass is 16.3. The first-order valence-corrected chi connectivity index (χ1v) is 6.69. The quantitative estimate of drug-likeness (QED) is 0.651. The second-order valence-electron chi connectivity index (χ2n) is 5.51. The lowest BCUT2D eigenvalue weighted by molar-refractivity contribution is -0.126. The van der Waals surface area contributed by atoms with Crippen LogP contribution in [0.3, 0.4) is 0 Å². The minimum absolute atomic E-state index is 0.0667. The van der Waals surface area contributed by atoms with Gasteiger partial charge >= 0.3 is 0 Å². The Kier molecular flexibility index (Phi) is 5.40. The van der Waals surface area contributed by atoms with Crippen molar-refractivity contribution >= 4 is 5.91 Å². The average Bonchev–Trinajstić information content (AvgIpc) is 2.72. The summed E-state index contributed by atoms with van der Waals surface area (Å²) in [6.45, 7) is 4.69. The van der Waals surface area contributed by atoms with Gasteiger partial charge in [-0.05, 0) is 38.0 Å². The molecule has 0 bridgehead atoms. The number of aliphatic hydroxyl groups excluding tert-OH is 1. The fraction of sp³-hybridized carbons (Fsp3) is 0.923. The molecular weight excluding hydrogens is 216 g/mol. The van der Waals surface area contributed by atoms with Crippen LogP contribution in [-0.4, -0.2) is 29.7 Å². The van der Waals surface area contributed by atoms with Gasteiger partial charge in [0.25, 0.3) is 0 Å².